The Morgan fingerprint density at radius 2 is 0.837 bits per heavy atom. The molecule has 1 aliphatic rings. The molecule has 0 radical (unpaired) electrons. The maximum atomic E-state index is 5.02. The van der Waals surface area contributed by atoms with E-state index >= 15 is 0 Å². The first kappa shape index (κ1) is 24.1. The molecule has 0 saturated heterocycles. The lowest BCUT2D eigenvalue weighted by Crippen LogP contribution is -1.91. The first-order valence-electron chi connectivity index (χ1n) is 14.9. The summed E-state index contributed by atoms with van der Waals surface area (Å²) in [7, 11) is 0. The molecule has 1 heteroatoms. The Morgan fingerprint density at radius 3 is 1.51 bits per heavy atom. The SMILES string of the molecule is c1ccc(-c2cccc3c2Cc2c(-c4cccc(-c5cc6c7ccccc7c7ccccc7c6cn5)c4)cccc2-3)cc1. The lowest BCUT2D eigenvalue weighted by molar-refractivity contribution is 1.26. The van der Waals surface area contributed by atoms with Crippen LogP contribution in [-0.2, 0) is 6.42 Å². The highest BCUT2D eigenvalue weighted by molar-refractivity contribution is 6.25. The van der Waals surface area contributed by atoms with Gasteiger partial charge in [0.05, 0.1) is 5.69 Å². The van der Waals surface area contributed by atoms with E-state index in [1.54, 1.807) is 0 Å². The summed E-state index contributed by atoms with van der Waals surface area (Å²) in [4.78, 5) is 5.02. The van der Waals surface area contributed by atoms with Gasteiger partial charge < -0.3 is 0 Å². The number of fused-ring (bicyclic) bond motifs is 9. The first-order valence-corrected chi connectivity index (χ1v) is 14.9. The van der Waals surface area contributed by atoms with E-state index in [0.29, 0.717) is 0 Å². The average molecular weight is 546 g/mol. The third-order valence-corrected chi connectivity index (χ3v) is 9.18. The zero-order chi connectivity index (χ0) is 28.3. The van der Waals surface area contributed by atoms with E-state index in [0.717, 1.165) is 17.7 Å². The molecule has 8 aromatic rings. The van der Waals surface area contributed by atoms with Crippen molar-refractivity contribution in [2.24, 2.45) is 0 Å². The zero-order valence-corrected chi connectivity index (χ0v) is 23.6. The molecule has 200 valence electrons. The molecule has 1 heterocycles. The van der Waals surface area contributed by atoms with Crippen molar-refractivity contribution >= 4 is 32.3 Å². The Morgan fingerprint density at radius 1 is 0.349 bits per heavy atom. The molecule has 0 aliphatic heterocycles. The van der Waals surface area contributed by atoms with Gasteiger partial charge in [0, 0.05) is 17.1 Å². The molecule has 0 saturated carbocycles. The van der Waals surface area contributed by atoms with Gasteiger partial charge in [-0.1, -0.05) is 133 Å². The van der Waals surface area contributed by atoms with Crippen LogP contribution in [0.2, 0.25) is 0 Å². The van der Waals surface area contributed by atoms with Crippen LogP contribution in [0.15, 0.2) is 152 Å². The second-order valence-electron chi connectivity index (χ2n) is 11.5. The zero-order valence-electron chi connectivity index (χ0n) is 23.6. The average Bonchev–Trinajstić information content (AvgIpc) is 3.48. The monoisotopic (exact) mass is 545 g/mol. The summed E-state index contributed by atoms with van der Waals surface area (Å²) in [6, 6.07) is 52.9. The minimum Gasteiger partial charge on any atom is -0.256 e. The summed E-state index contributed by atoms with van der Waals surface area (Å²) in [5.74, 6) is 0. The second-order valence-corrected chi connectivity index (χ2v) is 11.5. The van der Waals surface area contributed by atoms with E-state index in [1.807, 2.05) is 0 Å². The molecular weight excluding hydrogens is 518 g/mol. The van der Waals surface area contributed by atoms with Crippen molar-refractivity contribution in [2.45, 2.75) is 6.42 Å². The summed E-state index contributed by atoms with van der Waals surface area (Å²) in [6.07, 6.45) is 3.00. The Hall–Kier alpha value is -5.53. The topological polar surface area (TPSA) is 12.9 Å². The Balaban J connectivity index is 1.17. The smallest absolute Gasteiger partial charge is 0.0708 e. The normalized spacial score (nSPS) is 12.1. The van der Waals surface area contributed by atoms with E-state index in [4.69, 9.17) is 4.98 Å². The van der Waals surface area contributed by atoms with E-state index < -0.39 is 0 Å². The molecule has 1 aliphatic carbocycles. The number of aromatic nitrogens is 1. The van der Waals surface area contributed by atoms with Crippen LogP contribution in [0.3, 0.4) is 0 Å². The highest BCUT2D eigenvalue weighted by Gasteiger charge is 2.24. The standard InChI is InChI=1S/C42H27N/c1-2-11-27(12-3-1)30-19-9-21-35-36-22-10-20-31(39(36)24-38(30)35)28-13-8-14-29(23-28)42-25-40-34-17-6-4-15-32(34)33-16-5-7-18-37(33)41(40)26-43-42/h1-23,25-26H,24H2. The Labute approximate surface area is 250 Å². The predicted molar refractivity (Wildman–Crippen MR) is 181 cm³/mol. The molecule has 1 aromatic heterocycles. The molecule has 0 atom stereocenters. The van der Waals surface area contributed by atoms with Crippen molar-refractivity contribution in [3.63, 3.8) is 0 Å². The van der Waals surface area contributed by atoms with Crippen LogP contribution in [0.4, 0.5) is 0 Å². The third-order valence-electron chi connectivity index (χ3n) is 9.18. The lowest BCUT2D eigenvalue weighted by atomic mass is 9.92. The van der Waals surface area contributed by atoms with Crippen molar-refractivity contribution < 1.29 is 0 Å². The van der Waals surface area contributed by atoms with Crippen LogP contribution < -0.4 is 0 Å². The molecule has 9 rings (SSSR count). The fourth-order valence-corrected chi connectivity index (χ4v) is 7.20. The van der Waals surface area contributed by atoms with Crippen molar-refractivity contribution in [1.29, 1.82) is 0 Å². The molecule has 43 heavy (non-hydrogen) atoms. The maximum Gasteiger partial charge on any atom is 0.0708 e. The third kappa shape index (κ3) is 3.75. The number of rotatable bonds is 3. The van der Waals surface area contributed by atoms with Crippen LogP contribution in [0.5, 0.6) is 0 Å². The highest BCUT2D eigenvalue weighted by Crippen LogP contribution is 2.45. The van der Waals surface area contributed by atoms with Gasteiger partial charge in [0.1, 0.15) is 0 Å². The number of hydrogen-bond acceptors (Lipinski definition) is 1. The van der Waals surface area contributed by atoms with Crippen molar-refractivity contribution in [3.05, 3.63) is 163 Å². The number of nitrogens with zero attached hydrogens (tertiary/aromatic N) is 1. The van der Waals surface area contributed by atoms with Gasteiger partial charge in [0.25, 0.3) is 0 Å². The quantitative estimate of drug-likeness (QED) is 0.201. The molecule has 0 unspecified atom stereocenters. The van der Waals surface area contributed by atoms with Crippen LogP contribution in [0.1, 0.15) is 11.1 Å². The Kier molecular flexibility index (Phi) is 5.33. The van der Waals surface area contributed by atoms with Gasteiger partial charge in [0.15, 0.2) is 0 Å². The van der Waals surface area contributed by atoms with Gasteiger partial charge in [-0.2, -0.15) is 0 Å². The van der Waals surface area contributed by atoms with Gasteiger partial charge in [-0.25, -0.2) is 0 Å². The number of benzene rings is 7. The summed E-state index contributed by atoms with van der Waals surface area (Å²) in [5, 5.41) is 7.51. The second kappa shape index (κ2) is 9.51. The summed E-state index contributed by atoms with van der Waals surface area (Å²) >= 11 is 0. The minimum absolute atomic E-state index is 0.934. The fourth-order valence-electron chi connectivity index (χ4n) is 7.20. The molecule has 0 spiro atoms. The summed E-state index contributed by atoms with van der Waals surface area (Å²) in [6.45, 7) is 0. The first-order chi connectivity index (χ1) is 21.3. The molecule has 0 N–H and O–H groups in total. The van der Waals surface area contributed by atoms with E-state index in [-0.39, 0.29) is 0 Å². The highest BCUT2D eigenvalue weighted by atomic mass is 14.7. The van der Waals surface area contributed by atoms with Gasteiger partial charge in [0.2, 0.25) is 0 Å². The van der Waals surface area contributed by atoms with Gasteiger partial charge in [-0.3, -0.25) is 4.98 Å². The van der Waals surface area contributed by atoms with Crippen molar-refractivity contribution in [1.82, 2.24) is 4.98 Å². The molecule has 0 bridgehead atoms. The Bertz CT molecular complexity index is 2330. The van der Waals surface area contributed by atoms with Crippen LogP contribution in [0, 0.1) is 0 Å². The molecule has 0 fully saturated rings. The molecule has 0 amide bonds. The van der Waals surface area contributed by atoms with E-state index in [2.05, 4.69) is 152 Å². The van der Waals surface area contributed by atoms with Crippen LogP contribution >= 0.6 is 0 Å². The van der Waals surface area contributed by atoms with Crippen molar-refractivity contribution in [2.75, 3.05) is 0 Å². The van der Waals surface area contributed by atoms with Gasteiger partial charge in [-0.05, 0) is 90.0 Å². The van der Waals surface area contributed by atoms with E-state index in [1.165, 1.54) is 76.8 Å². The largest absolute Gasteiger partial charge is 0.256 e. The summed E-state index contributed by atoms with van der Waals surface area (Å²) < 4.78 is 0. The predicted octanol–water partition coefficient (Wildman–Crippen LogP) is 11.1. The fraction of sp³-hybridized carbons (Fsp3) is 0.0238. The molecule has 1 nitrogen and oxygen atoms in total. The number of hydrogen-bond donors (Lipinski definition) is 0. The van der Waals surface area contributed by atoms with Crippen LogP contribution in [-0.4, -0.2) is 4.98 Å². The molecule has 7 aromatic carbocycles. The number of pyridine rings is 1. The van der Waals surface area contributed by atoms with Crippen molar-refractivity contribution in [3.8, 4) is 44.6 Å². The minimum atomic E-state index is 0.934. The van der Waals surface area contributed by atoms with Crippen LogP contribution in [0.25, 0.3) is 77.0 Å². The summed E-state index contributed by atoms with van der Waals surface area (Å²) in [5.41, 5.74) is 12.8. The van der Waals surface area contributed by atoms with E-state index in [9.17, 15) is 0 Å². The van der Waals surface area contributed by atoms with Gasteiger partial charge >= 0.3 is 0 Å². The lowest BCUT2D eigenvalue weighted by Gasteiger charge is -2.13. The molecular formula is C42H27N. The maximum absolute atomic E-state index is 5.02. The van der Waals surface area contributed by atoms with Gasteiger partial charge in [-0.15, -0.1) is 0 Å².